The van der Waals surface area contributed by atoms with E-state index in [2.05, 4.69) is 15.2 Å². The van der Waals surface area contributed by atoms with Gasteiger partial charge in [-0.3, -0.25) is 4.79 Å². The zero-order valence-electron chi connectivity index (χ0n) is 15.6. The second-order valence-corrected chi connectivity index (χ2v) is 6.49. The number of aromatic hydroxyl groups is 2. The van der Waals surface area contributed by atoms with Gasteiger partial charge in [-0.1, -0.05) is 30.3 Å². The van der Waals surface area contributed by atoms with E-state index in [1.54, 1.807) is 36.4 Å². The lowest BCUT2D eigenvalue weighted by atomic mass is 9.95. The molecule has 152 valence electrons. The minimum atomic E-state index is -1.52. The van der Waals surface area contributed by atoms with Crippen LogP contribution in [0, 0.1) is 0 Å². The van der Waals surface area contributed by atoms with E-state index in [1.165, 1.54) is 17.0 Å². The molecule has 0 spiro atoms. The highest BCUT2D eigenvalue weighted by molar-refractivity contribution is 6.02. The highest BCUT2D eigenvalue weighted by atomic mass is 16.3. The van der Waals surface area contributed by atoms with Gasteiger partial charge in [-0.25, -0.2) is 4.99 Å². The maximum atomic E-state index is 12.9. The van der Waals surface area contributed by atoms with Crippen LogP contribution in [0.1, 0.15) is 17.5 Å². The molecular formula is C20H22N4O5. The summed E-state index contributed by atoms with van der Waals surface area (Å²) < 4.78 is 0. The lowest BCUT2D eigenvalue weighted by Crippen LogP contribution is -2.39. The summed E-state index contributed by atoms with van der Waals surface area (Å²) in [6.07, 6.45) is -0.273. The quantitative estimate of drug-likeness (QED) is 0.532. The predicted molar refractivity (Wildman–Crippen MR) is 105 cm³/mol. The topological polar surface area (TPSA) is 138 Å². The minimum absolute atomic E-state index is 0.0354. The van der Waals surface area contributed by atoms with Crippen LogP contribution in [0.15, 0.2) is 63.8 Å². The summed E-state index contributed by atoms with van der Waals surface area (Å²) in [5.41, 5.74) is -0.887. The van der Waals surface area contributed by atoms with E-state index >= 15 is 0 Å². The predicted octanol–water partition coefficient (Wildman–Crippen LogP) is 1.37. The van der Waals surface area contributed by atoms with Crippen molar-refractivity contribution in [1.82, 2.24) is 4.90 Å². The molecule has 9 heteroatoms. The van der Waals surface area contributed by atoms with Crippen LogP contribution in [-0.2, 0) is 10.5 Å². The molecule has 3 rings (SSSR count). The molecule has 4 N–H and O–H groups in total. The summed E-state index contributed by atoms with van der Waals surface area (Å²) in [5.74, 6) is -0.420. The first kappa shape index (κ1) is 20.4. The molecule has 0 fully saturated rings. The normalized spacial score (nSPS) is 17.9. The Morgan fingerprint density at radius 1 is 0.931 bits per heavy atom. The molecule has 9 nitrogen and oxygen atoms in total. The number of aliphatic hydroxyl groups excluding tert-OH is 2. The number of phenols is 2. The third kappa shape index (κ3) is 4.25. The zero-order chi connectivity index (χ0) is 20.9. The van der Waals surface area contributed by atoms with Crippen molar-refractivity contribution in [3.63, 3.8) is 0 Å². The fourth-order valence-corrected chi connectivity index (χ4v) is 3.15. The molecule has 29 heavy (non-hydrogen) atoms. The molecule has 1 unspecified atom stereocenters. The number of amides is 1. The molecule has 1 heterocycles. The Morgan fingerprint density at radius 3 is 2.17 bits per heavy atom. The Balaban J connectivity index is 2.04. The van der Waals surface area contributed by atoms with Crippen molar-refractivity contribution >= 4 is 11.7 Å². The Hall–Kier alpha value is -3.30. The minimum Gasteiger partial charge on any atom is -0.508 e. The number of aliphatic hydroxyl groups is 2. The highest BCUT2D eigenvalue weighted by Crippen LogP contribution is 2.41. The number of amidine groups is 1. The summed E-state index contributed by atoms with van der Waals surface area (Å²) in [6, 6.07) is 12.9. The Kier molecular flexibility index (Phi) is 6.20. The summed E-state index contributed by atoms with van der Waals surface area (Å²) >= 11 is 0. The van der Waals surface area contributed by atoms with Gasteiger partial charge in [0.1, 0.15) is 11.5 Å². The zero-order valence-corrected chi connectivity index (χ0v) is 15.6. The molecule has 1 atom stereocenters. The van der Waals surface area contributed by atoms with Gasteiger partial charge >= 0.3 is 0 Å². The molecule has 2 aromatic carbocycles. The van der Waals surface area contributed by atoms with E-state index in [4.69, 9.17) is 0 Å². The van der Waals surface area contributed by atoms with Crippen molar-refractivity contribution in [1.29, 1.82) is 0 Å². The standard InChI is InChI=1S/C20H22N4O5/c25-11-9-24(10-12-26)18(29)13-20(15-6-2-4-8-17(15)28)21-19(22-23-20)14-5-1-3-7-16(14)27/h1-8,25-28H,9-13H2. The van der Waals surface area contributed by atoms with Crippen molar-refractivity contribution in [3.8, 4) is 11.5 Å². The number of benzene rings is 2. The van der Waals surface area contributed by atoms with Gasteiger partial charge in [0.25, 0.3) is 0 Å². The summed E-state index contributed by atoms with van der Waals surface area (Å²) in [4.78, 5) is 18.7. The molecule has 0 saturated heterocycles. The number of carbonyl (C=O) groups excluding carboxylic acids is 1. The van der Waals surface area contributed by atoms with Crippen molar-refractivity contribution in [2.45, 2.75) is 12.1 Å². The Labute approximate surface area is 167 Å². The molecule has 1 aliphatic rings. The van der Waals surface area contributed by atoms with Crippen molar-refractivity contribution in [3.05, 3.63) is 59.7 Å². The number of phenolic OH excluding ortho intramolecular Hbond substituents is 2. The second kappa shape index (κ2) is 8.80. The van der Waals surface area contributed by atoms with E-state index in [9.17, 15) is 25.2 Å². The van der Waals surface area contributed by atoms with Gasteiger partial charge in [0.15, 0.2) is 5.84 Å². The number of azo groups is 1. The van der Waals surface area contributed by atoms with Crippen LogP contribution in [0.2, 0.25) is 0 Å². The van der Waals surface area contributed by atoms with Crippen LogP contribution < -0.4 is 0 Å². The second-order valence-electron chi connectivity index (χ2n) is 6.49. The molecule has 0 aromatic heterocycles. The van der Waals surface area contributed by atoms with E-state index < -0.39 is 11.6 Å². The van der Waals surface area contributed by atoms with E-state index in [0.29, 0.717) is 5.56 Å². The maximum Gasteiger partial charge on any atom is 0.227 e. The average molecular weight is 398 g/mol. The van der Waals surface area contributed by atoms with E-state index in [0.717, 1.165) is 0 Å². The van der Waals surface area contributed by atoms with Crippen LogP contribution in [0.25, 0.3) is 0 Å². The summed E-state index contributed by atoms with van der Waals surface area (Å²) in [6.45, 7) is -0.431. The van der Waals surface area contributed by atoms with Crippen molar-refractivity contribution in [2.75, 3.05) is 26.3 Å². The fourth-order valence-electron chi connectivity index (χ4n) is 3.15. The number of para-hydroxylation sites is 2. The van der Waals surface area contributed by atoms with Crippen LogP contribution in [0.3, 0.4) is 0 Å². The number of rotatable bonds is 8. The van der Waals surface area contributed by atoms with Crippen molar-refractivity contribution in [2.24, 2.45) is 15.2 Å². The van der Waals surface area contributed by atoms with Crippen molar-refractivity contribution < 1.29 is 25.2 Å². The van der Waals surface area contributed by atoms with Gasteiger partial charge in [-0.2, -0.15) is 5.11 Å². The SMILES string of the molecule is O=C(CC1(c2ccccc2O)N=NC(c2ccccc2O)=N1)N(CCO)CCO. The third-order valence-corrected chi connectivity index (χ3v) is 4.57. The van der Waals surface area contributed by atoms with Gasteiger partial charge in [-0.15, -0.1) is 5.11 Å². The lowest BCUT2D eigenvalue weighted by Gasteiger charge is -2.27. The van der Waals surface area contributed by atoms with Crippen LogP contribution >= 0.6 is 0 Å². The van der Waals surface area contributed by atoms with Gasteiger partial charge in [0, 0.05) is 18.7 Å². The largest absolute Gasteiger partial charge is 0.508 e. The van der Waals surface area contributed by atoms with Crippen LogP contribution in [0.5, 0.6) is 11.5 Å². The number of nitrogens with zero attached hydrogens (tertiary/aromatic N) is 4. The molecule has 1 aliphatic heterocycles. The molecule has 0 saturated carbocycles. The van der Waals surface area contributed by atoms with E-state index in [-0.39, 0.29) is 55.6 Å². The van der Waals surface area contributed by atoms with Gasteiger partial charge in [0.2, 0.25) is 11.6 Å². The highest BCUT2D eigenvalue weighted by Gasteiger charge is 2.42. The number of hydrogen-bond acceptors (Lipinski definition) is 8. The molecular weight excluding hydrogens is 376 g/mol. The monoisotopic (exact) mass is 398 g/mol. The average Bonchev–Trinajstić information content (AvgIpc) is 3.13. The molecule has 0 radical (unpaired) electrons. The third-order valence-electron chi connectivity index (χ3n) is 4.57. The Bertz CT molecular complexity index is 940. The molecule has 2 aromatic rings. The number of carbonyl (C=O) groups is 1. The summed E-state index contributed by atoms with van der Waals surface area (Å²) in [7, 11) is 0. The first-order valence-corrected chi connectivity index (χ1v) is 9.10. The van der Waals surface area contributed by atoms with Gasteiger partial charge in [0.05, 0.1) is 25.2 Å². The smallest absolute Gasteiger partial charge is 0.227 e. The Morgan fingerprint density at radius 2 is 1.55 bits per heavy atom. The summed E-state index contributed by atoms with van der Waals surface area (Å²) in [5, 5.41) is 47.2. The molecule has 1 amide bonds. The molecule has 0 aliphatic carbocycles. The van der Waals surface area contributed by atoms with Crippen LogP contribution in [-0.4, -0.2) is 63.4 Å². The number of hydrogen-bond donors (Lipinski definition) is 4. The maximum absolute atomic E-state index is 12.9. The lowest BCUT2D eigenvalue weighted by molar-refractivity contribution is -0.133. The van der Waals surface area contributed by atoms with Gasteiger partial charge < -0.3 is 25.3 Å². The van der Waals surface area contributed by atoms with E-state index in [1.807, 2.05) is 0 Å². The first-order chi connectivity index (χ1) is 14.0. The number of aliphatic imine (C=N–C) groups is 1. The van der Waals surface area contributed by atoms with Gasteiger partial charge in [-0.05, 0) is 18.2 Å². The van der Waals surface area contributed by atoms with Crippen LogP contribution in [0.4, 0.5) is 0 Å². The first-order valence-electron chi connectivity index (χ1n) is 9.10. The molecule has 0 bridgehead atoms. The fraction of sp³-hybridized carbons (Fsp3) is 0.300.